The van der Waals surface area contributed by atoms with Crippen molar-refractivity contribution in [2.45, 2.75) is 51.5 Å². The number of rotatable bonds is 9. The average Bonchev–Trinajstić information content (AvgIpc) is 2.84. The van der Waals surface area contributed by atoms with Crippen molar-refractivity contribution >= 4 is 32.8 Å². The summed E-state index contributed by atoms with van der Waals surface area (Å²) >= 11 is 5.92. The van der Waals surface area contributed by atoms with Gasteiger partial charge in [-0.3, -0.25) is 14.5 Å². The molecule has 1 aromatic carbocycles. The second-order valence-corrected chi connectivity index (χ2v) is 11.4. The van der Waals surface area contributed by atoms with Gasteiger partial charge < -0.3 is 10.6 Å². The van der Waals surface area contributed by atoms with Crippen molar-refractivity contribution in [3.05, 3.63) is 41.3 Å². The van der Waals surface area contributed by atoms with Gasteiger partial charge in [0.05, 0.1) is 6.42 Å². The summed E-state index contributed by atoms with van der Waals surface area (Å²) in [4.78, 5) is 28.5. The Labute approximate surface area is 208 Å². The van der Waals surface area contributed by atoms with E-state index in [4.69, 9.17) is 17.3 Å². The van der Waals surface area contributed by atoms with Gasteiger partial charge in [0.1, 0.15) is 0 Å². The van der Waals surface area contributed by atoms with E-state index in [1.807, 2.05) is 29.2 Å². The summed E-state index contributed by atoms with van der Waals surface area (Å²) in [5.41, 5.74) is 6.20. The first-order valence-electron chi connectivity index (χ1n) is 12.1. The van der Waals surface area contributed by atoms with E-state index in [-0.39, 0.29) is 25.0 Å². The molecule has 2 fully saturated rings. The van der Waals surface area contributed by atoms with Gasteiger partial charge in [0, 0.05) is 50.3 Å². The molecule has 8 nitrogen and oxygen atoms in total. The monoisotopic (exact) mass is 511 g/mol. The van der Waals surface area contributed by atoms with Gasteiger partial charge in [-0.25, -0.2) is 8.42 Å². The molecule has 1 aliphatic heterocycles. The molecule has 1 radical (unpaired) electrons. The summed E-state index contributed by atoms with van der Waals surface area (Å²) in [6, 6.07) is 7.47. The largest absolute Gasteiger partial charge is 0.355 e. The Morgan fingerprint density at radius 1 is 1.12 bits per heavy atom. The van der Waals surface area contributed by atoms with Gasteiger partial charge >= 0.3 is 5.24 Å². The maximum absolute atomic E-state index is 12.7. The minimum atomic E-state index is -4.15. The maximum Gasteiger partial charge on any atom is 0.349 e. The van der Waals surface area contributed by atoms with Crippen LogP contribution in [0.4, 0.5) is 4.79 Å². The number of hydrogen-bond acceptors (Lipinski definition) is 5. The van der Waals surface area contributed by atoms with Crippen LogP contribution in [0, 0.1) is 12.3 Å². The Morgan fingerprint density at radius 3 is 2.29 bits per heavy atom. The van der Waals surface area contributed by atoms with Crippen LogP contribution in [0.3, 0.4) is 0 Å². The summed E-state index contributed by atoms with van der Waals surface area (Å²) in [6.45, 7) is 4.72. The highest BCUT2D eigenvalue weighted by Gasteiger charge is 2.36. The topological polar surface area (TPSA) is 104 Å². The first kappa shape index (κ1) is 26.9. The van der Waals surface area contributed by atoms with E-state index in [9.17, 15) is 18.0 Å². The van der Waals surface area contributed by atoms with Gasteiger partial charge in [-0.15, -0.1) is 0 Å². The molecule has 0 aromatic heterocycles. The maximum atomic E-state index is 12.7. The third-order valence-corrected chi connectivity index (χ3v) is 8.90. The Hall–Kier alpha value is -1.68. The van der Waals surface area contributed by atoms with Crippen LogP contribution in [0.5, 0.6) is 0 Å². The number of piperazine rings is 1. The molecule has 2 amide bonds. The van der Waals surface area contributed by atoms with E-state index in [0.29, 0.717) is 43.5 Å². The number of halogens is 1. The quantitative estimate of drug-likeness (QED) is 0.549. The molecule has 1 unspecified atom stereocenters. The van der Waals surface area contributed by atoms with Crippen LogP contribution in [0.2, 0.25) is 5.02 Å². The Morgan fingerprint density at radius 2 is 1.74 bits per heavy atom. The van der Waals surface area contributed by atoms with Crippen molar-refractivity contribution in [3.63, 3.8) is 0 Å². The van der Waals surface area contributed by atoms with Crippen molar-refractivity contribution < 1.29 is 18.0 Å². The van der Waals surface area contributed by atoms with Crippen molar-refractivity contribution in [2.24, 2.45) is 11.7 Å². The third kappa shape index (κ3) is 6.93. The van der Waals surface area contributed by atoms with Gasteiger partial charge in [-0.05, 0) is 42.9 Å². The Bertz CT molecular complexity index is 927. The van der Waals surface area contributed by atoms with Gasteiger partial charge in [-0.1, -0.05) is 49.9 Å². The molecule has 1 saturated heterocycles. The predicted octanol–water partition coefficient (Wildman–Crippen LogP) is 2.91. The molecular formula is C24H36ClN4O4S. The second-order valence-electron chi connectivity index (χ2n) is 9.14. The molecule has 1 saturated carbocycles. The Kier molecular flexibility index (Phi) is 9.76. The van der Waals surface area contributed by atoms with Crippen LogP contribution in [0.1, 0.15) is 44.6 Å². The molecule has 0 bridgehead atoms. The number of nitrogens with two attached hydrogens (primary N) is 1. The summed E-state index contributed by atoms with van der Waals surface area (Å²) in [5, 5.41) is -0.632. The fourth-order valence-corrected chi connectivity index (χ4v) is 6.11. The Balaban J connectivity index is 1.61. The zero-order chi connectivity index (χ0) is 24.7. The predicted molar refractivity (Wildman–Crippen MR) is 134 cm³/mol. The van der Waals surface area contributed by atoms with Gasteiger partial charge in [0.2, 0.25) is 5.91 Å². The van der Waals surface area contributed by atoms with E-state index >= 15 is 0 Å². The van der Waals surface area contributed by atoms with E-state index in [2.05, 4.69) is 4.90 Å². The number of amides is 2. The normalized spacial score (nSPS) is 19.3. The first-order chi connectivity index (χ1) is 16.2. The minimum Gasteiger partial charge on any atom is -0.355 e. The van der Waals surface area contributed by atoms with Gasteiger partial charge in [0.25, 0.3) is 10.0 Å². The molecule has 0 spiro atoms. The number of carbonyl (C=O) groups is 2. The molecule has 1 heterocycles. The van der Waals surface area contributed by atoms with E-state index < -0.39 is 15.3 Å². The number of benzene rings is 1. The second kappa shape index (κ2) is 12.3. The lowest BCUT2D eigenvalue weighted by Gasteiger charge is -2.44. The minimum absolute atomic E-state index is 0.00433. The lowest BCUT2D eigenvalue weighted by molar-refractivity contribution is -0.130. The highest BCUT2D eigenvalue weighted by atomic mass is 35.5. The molecule has 1 atom stereocenters. The van der Waals surface area contributed by atoms with Crippen molar-refractivity contribution in [1.29, 1.82) is 0 Å². The standard InChI is InChI=1S/C24H36ClN4O4S/c1-2-29(34(32,33)24(26)31)18-22(20-6-4-3-5-7-20)27-14-16-28(17-15-27)23(30)13-10-19-8-11-21(25)12-9-19/h8-9,11-13,20,22H,2-7,10,14-18H2,1H3,(H2,26,31). The number of likely N-dealkylation sites (N-methyl/N-ethyl adjacent to an activating group) is 1. The number of nitrogens with zero attached hydrogens (tertiary/aromatic N) is 3. The fourth-order valence-electron chi connectivity index (χ4n) is 5.04. The molecule has 1 aromatic rings. The fraction of sp³-hybridized carbons (Fsp3) is 0.625. The lowest BCUT2D eigenvalue weighted by atomic mass is 9.83. The average molecular weight is 512 g/mol. The number of primary amides is 1. The van der Waals surface area contributed by atoms with Crippen LogP contribution >= 0.6 is 11.6 Å². The van der Waals surface area contributed by atoms with Crippen LogP contribution in [0.15, 0.2) is 24.3 Å². The zero-order valence-electron chi connectivity index (χ0n) is 19.9. The van der Waals surface area contributed by atoms with Crippen LogP contribution in [-0.2, 0) is 21.2 Å². The molecule has 2 N–H and O–H groups in total. The third-order valence-electron chi connectivity index (χ3n) is 7.05. The SMILES string of the molecule is CCN(CC(C1CCCCC1)N1CCN(C(=O)[CH]Cc2ccc(Cl)cc2)CC1)S(=O)(=O)C(N)=O. The molecular weight excluding hydrogens is 476 g/mol. The summed E-state index contributed by atoms with van der Waals surface area (Å²) < 4.78 is 26.2. The molecule has 3 rings (SSSR count). The number of sulfonamides is 1. The summed E-state index contributed by atoms with van der Waals surface area (Å²) in [6.07, 6.45) is 7.82. The van der Waals surface area contributed by atoms with Crippen LogP contribution in [0.25, 0.3) is 0 Å². The van der Waals surface area contributed by atoms with Crippen LogP contribution < -0.4 is 5.73 Å². The first-order valence-corrected chi connectivity index (χ1v) is 13.9. The van der Waals surface area contributed by atoms with Gasteiger partial charge in [-0.2, -0.15) is 4.31 Å². The molecule has 189 valence electrons. The highest BCUT2D eigenvalue weighted by molar-refractivity contribution is 8.03. The highest BCUT2D eigenvalue weighted by Crippen LogP contribution is 2.30. The number of carbonyl (C=O) groups excluding carboxylic acids is 2. The van der Waals surface area contributed by atoms with Crippen molar-refractivity contribution in [2.75, 3.05) is 39.3 Å². The molecule has 1 aliphatic carbocycles. The lowest BCUT2D eigenvalue weighted by Crippen LogP contribution is -2.57. The van der Waals surface area contributed by atoms with Crippen molar-refractivity contribution in [3.8, 4) is 0 Å². The summed E-state index contributed by atoms with van der Waals surface area (Å²) in [7, 11) is -4.15. The smallest absolute Gasteiger partial charge is 0.349 e. The number of hydrogen-bond donors (Lipinski definition) is 1. The van der Waals surface area contributed by atoms with E-state index in [1.54, 1.807) is 13.3 Å². The zero-order valence-corrected chi connectivity index (χ0v) is 21.4. The van der Waals surface area contributed by atoms with E-state index in [1.165, 1.54) is 10.7 Å². The summed E-state index contributed by atoms with van der Waals surface area (Å²) in [5.74, 6) is 0.375. The molecule has 10 heteroatoms. The van der Waals surface area contributed by atoms with Crippen LogP contribution in [-0.4, -0.2) is 79.0 Å². The molecule has 34 heavy (non-hydrogen) atoms. The molecule has 2 aliphatic rings. The van der Waals surface area contributed by atoms with Crippen molar-refractivity contribution in [1.82, 2.24) is 14.1 Å². The van der Waals surface area contributed by atoms with Gasteiger partial charge in [0.15, 0.2) is 0 Å². The van der Waals surface area contributed by atoms with E-state index in [0.717, 1.165) is 31.2 Å².